The van der Waals surface area contributed by atoms with E-state index in [4.69, 9.17) is 4.74 Å². The van der Waals surface area contributed by atoms with E-state index in [9.17, 15) is 4.39 Å². The lowest BCUT2D eigenvalue weighted by Gasteiger charge is -2.09. The number of anilines is 1. The van der Waals surface area contributed by atoms with Gasteiger partial charge in [0.25, 0.3) is 0 Å². The zero-order chi connectivity index (χ0) is 16.9. The quantitative estimate of drug-likeness (QED) is 0.768. The van der Waals surface area contributed by atoms with E-state index in [0.29, 0.717) is 18.2 Å². The van der Waals surface area contributed by atoms with Crippen molar-refractivity contribution >= 4 is 5.82 Å². The second kappa shape index (κ2) is 7.04. The zero-order valence-electron chi connectivity index (χ0n) is 13.5. The van der Waals surface area contributed by atoms with E-state index in [1.54, 1.807) is 30.6 Å². The van der Waals surface area contributed by atoms with Crippen LogP contribution < -0.4 is 10.1 Å². The minimum Gasteiger partial charge on any atom is -0.439 e. The smallest absolute Gasteiger partial charge is 0.219 e. The van der Waals surface area contributed by atoms with Gasteiger partial charge in [0.15, 0.2) is 0 Å². The van der Waals surface area contributed by atoms with Gasteiger partial charge in [0.05, 0.1) is 11.4 Å². The lowest BCUT2D eigenvalue weighted by molar-refractivity contribution is 0.458. The molecule has 0 spiro atoms. The fourth-order valence-corrected chi connectivity index (χ4v) is 2.12. The number of benzene rings is 1. The number of nitrogens with zero attached hydrogens (tertiary/aromatic N) is 3. The minimum atomic E-state index is -0.344. The number of aryl methyl sites for hydroxylation is 2. The van der Waals surface area contributed by atoms with Crippen molar-refractivity contribution in [2.24, 2.45) is 0 Å². The van der Waals surface area contributed by atoms with Crippen molar-refractivity contribution in [2.75, 3.05) is 5.32 Å². The van der Waals surface area contributed by atoms with Crippen LogP contribution in [0.2, 0.25) is 0 Å². The summed E-state index contributed by atoms with van der Waals surface area (Å²) in [5.74, 6) is 1.24. The van der Waals surface area contributed by atoms with E-state index in [2.05, 4.69) is 20.3 Å². The molecular weight excluding hydrogens is 307 g/mol. The highest BCUT2D eigenvalue weighted by Crippen LogP contribution is 2.20. The van der Waals surface area contributed by atoms with Gasteiger partial charge in [0.1, 0.15) is 17.4 Å². The monoisotopic (exact) mass is 324 g/mol. The van der Waals surface area contributed by atoms with Crippen molar-refractivity contribution in [1.82, 2.24) is 15.0 Å². The molecule has 0 bridgehead atoms. The summed E-state index contributed by atoms with van der Waals surface area (Å²) < 4.78 is 18.7. The van der Waals surface area contributed by atoms with Crippen molar-refractivity contribution in [3.63, 3.8) is 0 Å². The van der Waals surface area contributed by atoms with E-state index < -0.39 is 0 Å². The molecular formula is C18H17FN4O. The molecule has 0 saturated carbocycles. The van der Waals surface area contributed by atoms with Crippen LogP contribution in [0.15, 0.2) is 48.8 Å². The second-order valence-corrected chi connectivity index (χ2v) is 5.36. The van der Waals surface area contributed by atoms with Gasteiger partial charge in [0.2, 0.25) is 5.88 Å². The number of ether oxygens (including phenoxy) is 1. The fraction of sp³-hybridized carbons (Fsp3) is 0.167. The van der Waals surface area contributed by atoms with Crippen molar-refractivity contribution in [3.8, 4) is 11.6 Å². The molecule has 2 aromatic heterocycles. The maximum Gasteiger partial charge on any atom is 0.219 e. The molecule has 0 fully saturated rings. The number of nitrogens with one attached hydrogen (secondary N) is 1. The van der Waals surface area contributed by atoms with Gasteiger partial charge in [-0.15, -0.1) is 0 Å². The Bertz CT molecular complexity index is 837. The molecule has 5 nitrogen and oxygen atoms in total. The predicted molar refractivity (Wildman–Crippen MR) is 89.5 cm³/mol. The van der Waals surface area contributed by atoms with E-state index in [0.717, 1.165) is 22.8 Å². The second-order valence-electron chi connectivity index (χ2n) is 5.36. The Kier molecular flexibility index (Phi) is 4.65. The van der Waals surface area contributed by atoms with Crippen LogP contribution >= 0.6 is 0 Å². The number of aromatic nitrogens is 3. The lowest BCUT2D eigenvalue weighted by atomic mass is 10.3. The van der Waals surface area contributed by atoms with Crippen LogP contribution in [0, 0.1) is 19.7 Å². The number of rotatable bonds is 5. The summed E-state index contributed by atoms with van der Waals surface area (Å²) in [5.41, 5.74) is 2.68. The van der Waals surface area contributed by atoms with Crippen molar-refractivity contribution in [2.45, 2.75) is 20.4 Å². The maximum atomic E-state index is 13.1. The summed E-state index contributed by atoms with van der Waals surface area (Å²) in [5, 5.41) is 3.24. The molecule has 3 aromatic rings. The SMILES string of the molecule is Cc1cnc(C)c(NCc2ccc(Oc3cccc(F)c3)nc2)n1. The van der Waals surface area contributed by atoms with Crippen LogP contribution in [0.5, 0.6) is 11.6 Å². The molecule has 0 amide bonds. The molecule has 0 unspecified atom stereocenters. The summed E-state index contributed by atoms with van der Waals surface area (Å²) in [4.78, 5) is 12.9. The standard InChI is InChI=1S/C18H17FN4O/c1-12-9-20-13(2)18(23-12)22-11-14-6-7-17(21-10-14)24-16-5-3-4-15(19)8-16/h3-10H,11H2,1-2H3,(H,22,23). The third kappa shape index (κ3) is 4.04. The van der Waals surface area contributed by atoms with Crippen molar-refractivity contribution in [3.05, 3.63) is 71.6 Å². The Morgan fingerprint density at radius 3 is 2.71 bits per heavy atom. The number of hydrogen-bond acceptors (Lipinski definition) is 5. The molecule has 1 N–H and O–H groups in total. The molecule has 0 saturated heterocycles. The molecule has 0 aliphatic heterocycles. The van der Waals surface area contributed by atoms with Gasteiger partial charge >= 0.3 is 0 Å². The number of halogens is 1. The molecule has 0 aliphatic rings. The zero-order valence-corrected chi connectivity index (χ0v) is 13.5. The Morgan fingerprint density at radius 2 is 1.96 bits per heavy atom. The van der Waals surface area contributed by atoms with Crippen molar-refractivity contribution < 1.29 is 9.13 Å². The predicted octanol–water partition coefficient (Wildman–Crippen LogP) is 4.03. The van der Waals surface area contributed by atoms with Crippen LogP contribution in [-0.4, -0.2) is 15.0 Å². The Labute approximate surface area is 139 Å². The molecule has 24 heavy (non-hydrogen) atoms. The Morgan fingerprint density at radius 1 is 1.08 bits per heavy atom. The summed E-state index contributed by atoms with van der Waals surface area (Å²) in [6.45, 7) is 4.38. The van der Waals surface area contributed by atoms with Crippen LogP contribution in [0.1, 0.15) is 17.0 Å². The minimum absolute atomic E-state index is 0.344. The van der Waals surface area contributed by atoms with E-state index in [1.165, 1.54) is 12.1 Å². The number of hydrogen-bond donors (Lipinski definition) is 1. The molecule has 2 heterocycles. The van der Waals surface area contributed by atoms with Crippen LogP contribution in [0.4, 0.5) is 10.2 Å². The first-order chi connectivity index (χ1) is 11.6. The van der Waals surface area contributed by atoms with Gasteiger partial charge < -0.3 is 10.1 Å². The third-order valence-corrected chi connectivity index (χ3v) is 3.35. The fourth-order valence-electron chi connectivity index (χ4n) is 2.12. The van der Waals surface area contributed by atoms with Crippen LogP contribution in [-0.2, 0) is 6.54 Å². The van der Waals surface area contributed by atoms with Gasteiger partial charge in [-0.05, 0) is 31.5 Å². The summed E-state index contributed by atoms with van der Waals surface area (Å²) >= 11 is 0. The summed E-state index contributed by atoms with van der Waals surface area (Å²) in [7, 11) is 0. The molecule has 1 aromatic carbocycles. The first-order valence-corrected chi connectivity index (χ1v) is 7.52. The molecule has 0 atom stereocenters. The van der Waals surface area contributed by atoms with Gasteiger partial charge in [-0.2, -0.15) is 0 Å². The van der Waals surface area contributed by atoms with Crippen molar-refractivity contribution in [1.29, 1.82) is 0 Å². The van der Waals surface area contributed by atoms with E-state index >= 15 is 0 Å². The number of pyridine rings is 1. The topological polar surface area (TPSA) is 59.9 Å². The van der Waals surface area contributed by atoms with Crippen LogP contribution in [0.25, 0.3) is 0 Å². The molecule has 0 aliphatic carbocycles. The van der Waals surface area contributed by atoms with Gasteiger partial charge in [-0.25, -0.2) is 14.4 Å². The highest BCUT2D eigenvalue weighted by molar-refractivity contribution is 5.40. The first kappa shape index (κ1) is 15.9. The largest absolute Gasteiger partial charge is 0.439 e. The maximum absolute atomic E-state index is 13.1. The Balaban J connectivity index is 1.63. The van der Waals surface area contributed by atoms with E-state index in [1.807, 2.05) is 19.9 Å². The lowest BCUT2D eigenvalue weighted by Crippen LogP contribution is -2.05. The highest BCUT2D eigenvalue weighted by Gasteiger charge is 2.04. The van der Waals surface area contributed by atoms with Gasteiger partial charge in [0, 0.05) is 31.1 Å². The van der Waals surface area contributed by atoms with E-state index in [-0.39, 0.29) is 5.82 Å². The summed E-state index contributed by atoms with van der Waals surface area (Å²) in [6, 6.07) is 9.60. The van der Waals surface area contributed by atoms with Gasteiger partial charge in [-0.3, -0.25) is 4.98 Å². The normalized spacial score (nSPS) is 10.5. The average Bonchev–Trinajstić information content (AvgIpc) is 2.57. The third-order valence-electron chi connectivity index (χ3n) is 3.35. The molecule has 3 rings (SSSR count). The average molecular weight is 324 g/mol. The highest BCUT2D eigenvalue weighted by atomic mass is 19.1. The molecule has 122 valence electrons. The molecule has 0 radical (unpaired) electrons. The molecule has 6 heteroatoms. The van der Waals surface area contributed by atoms with Gasteiger partial charge in [-0.1, -0.05) is 12.1 Å². The summed E-state index contributed by atoms with van der Waals surface area (Å²) in [6.07, 6.45) is 3.45. The Hall–Kier alpha value is -3.02. The van der Waals surface area contributed by atoms with Crippen LogP contribution in [0.3, 0.4) is 0 Å². The first-order valence-electron chi connectivity index (χ1n) is 7.52.